The van der Waals surface area contributed by atoms with Crippen molar-refractivity contribution in [2.45, 2.75) is 51.5 Å². The van der Waals surface area contributed by atoms with E-state index < -0.39 is 11.9 Å². The average molecular weight is 371 g/mol. The van der Waals surface area contributed by atoms with E-state index in [1.807, 2.05) is 30.0 Å². The number of aliphatic carboxylic acids is 1. The molecule has 5 atom stereocenters. The van der Waals surface area contributed by atoms with Crippen LogP contribution in [0.2, 0.25) is 0 Å². The predicted molar refractivity (Wildman–Crippen MR) is 101 cm³/mol. The van der Waals surface area contributed by atoms with Crippen molar-refractivity contribution >= 4 is 11.9 Å². The van der Waals surface area contributed by atoms with Gasteiger partial charge in [-0.25, -0.2) is 0 Å². The number of carbonyl (C=O) groups is 2. The Morgan fingerprint density at radius 2 is 2.11 bits per heavy atom. The summed E-state index contributed by atoms with van der Waals surface area (Å²) in [4.78, 5) is 27.2. The van der Waals surface area contributed by atoms with Crippen LogP contribution in [-0.4, -0.2) is 41.6 Å². The monoisotopic (exact) mass is 371 g/mol. The number of rotatable bonds is 5. The van der Waals surface area contributed by atoms with Crippen LogP contribution < -0.4 is 4.74 Å². The van der Waals surface area contributed by atoms with Crippen molar-refractivity contribution in [3.8, 4) is 5.75 Å². The second-order valence-corrected chi connectivity index (χ2v) is 8.74. The lowest BCUT2D eigenvalue weighted by Gasteiger charge is -2.41. The lowest BCUT2D eigenvalue weighted by Crippen LogP contribution is -2.50. The molecule has 3 fully saturated rings. The fourth-order valence-corrected chi connectivity index (χ4v) is 5.99. The van der Waals surface area contributed by atoms with Gasteiger partial charge in [-0.05, 0) is 68.6 Å². The fraction of sp³-hybridized carbons (Fsp3) is 0.636. The summed E-state index contributed by atoms with van der Waals surface area (Å²) in [5.74, 6) is 0.830. The zero-order valence-corrected chi connectivity index (χ0v) is 16.2. The largest absolute Gasteiger partial charge is 0.497 e. The van der Waals surface area contributed by atoms with Crippen LogP contribution in [0.15, 0.2) is 24.3 Å². The summed E-state index contributed by atoms with van der Waals surface area (Å²) in [5, 5.41) is 9.46. The Hall–Kier alpha value is -2.04. The molecule has 0 spiro atoms. The third-order valence-electron chi connectivity index (χ3n) is 7.39. The molecule has 1 N–H and O–H groups in total. The van der Waals surface area contributed by atoms with E-state index in [-0.39, 0.29) is 17.4 Å². The van der Waals surface area contributed by atoms with Crippen LogP contribution in [0, 0.1) is 23.2 Å². The maximum atomic E-state index is 13.8. The van der Waals surface area contributed by atoms with Crippen molar-refractivity contribution < 1.29 is 19.4 Å². The minimum absolute atomic E-state index is 0.189. The van der Waals surface area contributed by atoms with Gasteiger partial charge in [0.25, 0.3) is 0 Å². The van der Waals surface area contributed by atoms with Crippen LogP contribution in [-0.2, 0) is 16.0 Å². The summed E-state index contributed by atoms with van der Waals surface area (Å²) in [7, 11) is 1.66. The number of likely N-dealkylation sites (tertiary alicyclic amines) is 1. The van der Waals surface area contributed by atoms with Crippen molar-refractivity contribution in [3.63, 3.8) is 0 Å². The van der Waals surface area contributed by atoms with Gasteiger partial charge >= 0.3 is 5.97 Å². The van der Waals surface area contributed by atoms with Crippen LogP contribution in [0.25, 0.3) is 0 Å². The number of carboxylic acids is 1. The maximum absolute atomic E-state index is 13.8. The molecule has 2 saturated carbocycles. The molecule has 1 aliphatic heterocycles. The molecular formula is C22H29NO4. The summed E-state index contributed by atoms with van der Waals surface area (Å²) in [5.41, 5.74) is 0.758. The van der Waals surface area contributed by atoms with E-state index in [0.29, 0.717) is 24.8 Å². The number of ether oxygens (including phenoxy) is 1. The number of methoxy groups -OCH3 is 1. The normalized spacial score (nSPS) is 34.8. The lowest BCUT2D eigenvalue weighted by atomic mass is 9.68. The zero-order chi connectivity index (χ0) is 19.2. The number of fused-ring (bicyclic) bond motifs is 2. The average Bonchev–Trinajstić information content (AvgIpc) is 3.36. The first-order valence-corrected chi connectivity index (χ1v) is 10.1. The van der Waals surface area contributed by atoms with Gasteiger partial charge in [-0.2, -0.15) is 0 Å². The van der Waals surface area contributed by atoms with Crippen LogP contribution in [0.1, 0.15) is 44.6 Å². The number of nitrogens with zero attached hydrogens (tertiary/aromatic N) is 1. The van der Waals surface area contributed by atoms with Gasteiger partial charge in [0.2, 0.25) is 5.91 Å². The molecule has 1 heterocycles. The van der Waals surface area contributed by atoms with Gasteiger partial charge in [-0.3, -0.25) is 9.59 Å². The highest BCUT2D eigenvalue weighted by molar-refractivity contribution is 5.86. The number of benzene rings is 1. The Balaban J connectivity index is 1.63. The molecule has 146 valence electrons. The van der Waals surface area contributed by atoms with E-state index in [0.717, 1.165) is 37.0 Å². The van der Waals surface area contributed by atoms with E-state index >= 15 is 0 Å². The Labute approximate surface area is 160 Å². The van der Waals surface area contributed by atoms with Gasteiger partial charge < -0.3 is 14.7 Å². The topological polar surface area (TPSA) is 66.8 Å². The highest BCUT2D eigenvalue weighted by atomic mass is 16.5. The summed E-state index contributed by atoms with van der Waals surface area (Å²) < 4.78 is 5.37. The van der Waals surface area contributed by atoms with Crippen molar-refractivity contribution in [1.29, 1.82) is 0 Å². The predicted octanol–water partition coefficient (Wildman–Crippen LogP) is 3.37. The van der Waals surface area contributed by atoms with E-state index in [4.69, 9.17) is 4.74 Å². The fourth-order valence-electron chi connectivity index (χ4n) is 5.99. The number of hydrogen-bond donors (Lipinski definition) is 1. The SMILES string of the molecule is COc1cccc(CC2(C(=O)N3CCC(C(=O)O)C3C)CC3CCC2C3)c1. The molecule has 0 aromatic heterocycles. The molecule has 5 heteroatoms. The molecule has 1 aromatic carbocycles. The number of carbonyl (C=O) groups excluding carboxylic acids is 1. The second-order valence-electron chi connectivity index (χ2n) is 8.74. The molecule has 5 unspecified atom stereocenters. The molecule has 0 radical (unpaired) electrons. The first kappa shape index (κ1) is 18.3. The smallest absolute Gasteiger partial charge is 0.308 e. The summed E-state index contributed by atoms with van der Waals surface area (Å²) in [6.07, 6.45) is 5.71. The molecule has 3 aliphatic rings. The molecule has 1 saturated heterocycles. The molecule has 1 aromatic rings. The standard InChI is InChI=1S/C22H29NO4/c1-14-19(20(24)25)8-9-23(14)21(26)22(13-16-6-7-17(22)10-16)12-15-4-3-5-18(11-15)27-2/h3-5,11,14,16-17,19H,6-10,12-13H2,1-2H3,(H,24,25). The lowest BCUT2D eigenvalue weighted by molar-refractivity contribution is -0.148. The molecule has 4 rings (SSSR count). The quantitative estimate of drug-likeness (QED) is 0.862. The highest BCUT2D eigenvalue weighted by Crippen LogP contribution is 2.58. The molecular weight excluding hydrogens is 342 g/mol. The van der Waals surface area contributed by atoms with Crippen molar-refractivity contribution in [2.24, 2.45) is 23.2 Å². The minimum Gasteiger partial charge on any atom is -0.497 e. The number of amides is 1. The summed E-state index contributed by atoms with van der Waals surface area (Å²) in [6.45, 7) is 2.46. The third-order valence-corrected chi connectivity index (χ3v) is 7.39. The molecule has 1 amide bonds. The van der Waals surface area contributed by atoms with Crippen LogP contribution in [0.3, 0.4) is 0 Å². The molecule has 5 nitrogen and oxygen atoms in total. The van der Waals surface area contributed by atoms with Gasteiger partial charge in [0.15, 0.2) is 0 Å². The Bertz CT molecular complexity index is 748. The van der Waals surface area contributed by atoms with Crippen LogP contribution in [0.5, 0.6) is 5.75 Å². The first-order chi connectivity index (χ1) is 12.9. The summed E-state index contributed by atoms with van der Waals surface area (Å²) >= 11 is 0. The maximum Gasteiger partial charge on any atom is 0.308 e. The van der Waals surface area contributed by atoms with E-state index in [1.54, 1.807) is 7.11 Å². The van der Waals surface area contributed by atoms with E-state index in [2.05, 4.69) is 6.07 Å². The van der Waals surface area contributed by atoms with E-state index in [9.17, 15) is 14.7 Å². The first-order valence-electron chi connectivity index (χ1n) is 10.1. The van der Waals surface area contributed by atoms with Gasteiger partial charge in [-0.15, -0.1) is 0 Å². The second kappa shape index (κ2) is 6.84. The highest BCUT2D eigenvalue weighted by Gasteiger charge is 2.57. The van der Waals surface area contributed by atoms with Crippen molar-refractivity contribution in [1.82, 2.24) is 4.90 Å². The number of carboxylic acid groups (broad SMARTS) is 1. The minimum atomic E-state index is -0.785. The van der Waals surface area contributed by atoms with Gasteiger partial charge in [-0.1, -0.05) is 18.6 Å². The van der Waals surface area contributed by atoms with Crippen LogP contribution >= 0.6 is 0 Å². The van der Waals surface area contributed by atoms with Crippen molar-refractivity contribution in [3.05, 3.63) is 29.8 Å². The summed E-state index contributed by atoms with van der Waals surface area (Å²) in [6, 6.07) is 7.80. The van der Waals surface area contributed by atoms with Crippen LogP contribution in [0.4, 0.5) is 0 Å². The molecule has 2 aliphatic carbocycles. The van der Waals surface area contributed by atoms with Crippen molar-refractivity contribution in [2.75, 3.05) is 13.7 Å². The third kappa shape index (κ3) is 3.01. The van der Waals surface area contributed by atoms with Gasteiger partial charge in [0, 0.05) is 12.6 Å². The Morgan fingerprint density at radius 3 is 2.70 bits per heavy atom. The molecule has 2 bridgehead atoms. The molecule has 27 heavy (non-hydrogen) atoms. The number of hydrogen-bond acceptors (Lipinski definition) is 3. The zero-order valence-electron chi connectivity index (χ0n) is 16.2. The van der Waals surface area contributed by atoms with Gasteiger partial charge in [0.05, 0.1) is 18.4 Å². The van der Waals surface area contributed by atoms with E-state index in [1.165, 1.54) is 6.42 Å². The van der Waals surface area contributed by atoms with Gasteiger partial charge in [0.1, 0.15) is 5.75 Å². The Kier molecular flexibility index (Phi) is 4.65. The Morgan fingerprint density at radius 1 is 1.30 bits per heavy atom.